The normalized spacial score (nSPS) is 15.5. The molecule has 1 fully saturated rings. The minimum Gasteiger partial charge on any atom is -0.483 e. The van der Waals surface area contributed by atoms with E-state index in [9.17, 15) is 22.4 Å². The lowest BCUT2D eigenvalue weighted by atomic mass is 9.90. The Morgan fingerprint density at radius 1 is 1.17 bits per heavy atom. The van der Waals surface area contributed by atoms with Gasteiger partial charge in [-0.05, 0) is 61.7 Å². The highest BCUT2D eigenvalue weighted by Gasteiger charge is 2.31. The number of aromatic nitrogens is 1. The number of alkyl halides is 3. The first kappa shape index (κ1) is 22.6. The predicted molar refractivity (Wildman–Crippen MR) is 99.0 cm³/mol. The SMILES string of the molecule is Cn1ccc(C2CCN(Cc3cc(C(F)(F)F)ccc3F)CC2)cc1=O.O=CO. The van der Waals surface area contributed by atoms with Crippen LogP contribution in [0.4, 0.5) is 17.6 Å². The summed E-state index contributed by atoms with van der Waals surface area (Å²) in [6.45, 7) is 1.20. The molecule has 3 rings (SSSR count). The Balaban J connectivity index is 0.000000941. The van der Waals surface area contributed by atoms with Gasteiger partial charge in [0.2, 0.25) is 0 Å². The molecule has 2 aromatic rings. The highest BCUT2D eigenvalue weighted by atomic mass is 19.4. The van der Waals surface area contributed by atoms with Crippen LogP contribution >= 0.6 is 0 Å². The van der Waals surface area contributed by atoms with Gasteiger partial charge in [0.15, 0.2) is 0 Å². The van der Waals surface area contributed by atoms with Crippen molar-refractivity contribution in [3.05, 3.63) is 69.4 Å². The molecule has 9 heteroatoms. The van der Waals surface area contributed by atoms with E-state index in [1.165, 1.54) is 4.57 Å². The van der Waals surface area contributed by atoms with Crippen molar-refractivity contribution in [2.45, 2.75) is 31.5 Å². The Morgan fingerprint density at radius 3 is 2.34 bits per heavy atom. The van der Waals surface area contributed by atoms with E-state index >= 15 is 0 Å². The van der Waals surface area contributed by atoms with E-state index < -0.39 is 17.6 Å². The second-order valence-corrected chi connectivity index (χ2v) is 6.87. The number of pyridine rings is 1. The number of hydrogen-bond acceptors (Lipinski definition) is 3. The summed E-state index contributed by atoms with van der Waals surface area (Å²) in [6.07, 6.45) is -1.17. The molecule has 0 amide bonds. The quantitative estimate of drug-likeness (QED) is 0.616. The van der Waals surface area contributed by atoms with Crippen molar-refractivity contribution >= 4 is 6.47 Å². The largest absolute Gasteiger partial charge is 0.483 e. The molecule has 0 atom stereocenters. The molecule has 5 nitrogen and oxygen atoms in total. The third-order valence-corrected chi connectivity index (χ3v) is 4.95. The van der Waals surface area contributed by atoms with Crippen molar-refractivity contribution in [3.8, 4) is 0 Å². The van der Waals surface area contributed by atoms with E-state index in [2.05, 4.69) is 0 Å². The van der Waals surface area contributed by atoms with Crippen LogP contribution in [0.15, 0.2) is 41.3 Å². The molecule has 1 aromatic carbocycles. The zero-order valence-corrected chi connectivity index (χ0v) is 15.8. The number of likely N-dealkylation sites (tertiary alicyclic amines) is 1. The molecule has 0 unspecified atom stereocenters. The lowest BCUT2D eigenvalue weighted by Crippen LogP contribution is -2.33. The molecule has 29 heavy (non-hydrogen) atoms. The summed E-state index contributed by atoms with van der Waals surface area (Å²) in [5.74, 6) is -0.377. The Bertz CT molecular complexity index is 888. The number of carbonyl (C=O) groups is 1. The molecule has 1 saturated heterocycles. The Morgan fingerprint density at radius 2 is 1.79 bits per heavy atom. The van der Waals surface area contributed by atoms with Gasteiger partial charge in [-0.2, -0.15) is 13.2 Å². The number of nitrogens with zero attached hydrogens (tertiary/aromatic N) is 2. The van der Waals surface area contributed by atoms with Crippen LogP contribution in [0.1, 0.15) is 35.4 Å². The molecule has 1 aliphatic rings. The topological polar surface area (TPSA) is 62.5 Å². The Kier molecular flexibility index (Phi) is 7.55. The minimum atomic E-state index is -4.48. The Hall–Kier alpha value is -2.68. The van der Waals surface area contributed by atoms with E-state index in [0.29, 0.717) is 13.1 Å². The standard InChI is InChI=1S/C19H20F4N2O.CH2O2/c1-24-7-4-14(11-18(24)26)13-5-8-25(9-6-13)12-15-10-16(19(21,22)23)2-3-17(15)20;2-1-3/h2-4,7,10-11,13H,5-6,8-9,12H2,1H3;1H,(H,2,3). The van der Waals surface area contributed by atoms with Gasteiger partial charge in [-0.3, -0.25) is 14.5 Å². The van der Waals surface area contributed by atoms with Crippen LogP contribution in [0.2, 0.25) is 0 Å². The van der Waals surface area contributed by atoms with Crippen molar-refractivity contribution in [3.63, 3.8) is 0 Å². The summed E-state index contributed by atoms with van der Waals surface area (Å²) in [4.78, 5) is 22.1. The van der Waals surface area contributed by atoms with Crippen LogP contribution in [-0.4, -0.2) is 34.1 Å². The van der Waals surface area contributed by atoms with Gasteiger partial charge >= 0.3 is 6.18 Å². The molecule has 1 N–H and O–H groups in total. The predicted octanol–water partition coefficient (Wildman–Crippen LogP) is 3.62. The molecule has 0 radical (unpaired) electrons. The van der Waals surface area contributed by atoms with Crippen molar-refractivity contribution in [1.29, 1.82) is 0 Å². The summed E-state index contributed by atoms with van der Waals surface area (Å²) in [5, 5.41) is 6.89. The average Bonchev–Trinajstić information content (AvgIpc) is 2.66. The number of aryl methyl sites for hydroxylation is 1. The number of piperidine rings is 1. The summed E-state index contributed by atoms with van der Waals surface area (Å²) < 4.78 is 53.9. The first-order valence-corrected chi connectivity index (χ1v) is 8.98. The van der Waals surface area contributed by atoms with E-state index in [-0.39, 0.29) is 30.1 Å². The minimum absolute atomic E-state index is 0.0593. The maximum atomic E-state index is 13.9. The molecular weight excluding hydrogens is 392 g/mol. The fourth-order valence-corrected chi connectivity index (χ4v) is 3.36. The van der Waals surface area contributed by atoms with Crippen LogP contribution in [0.3, 0.4) is 0 Å². The van der Waals surface area contributed by atoms with Gasteiger partial charge in [-0.1, -0.05) is 0 Å². The fourth-order valence-electron chi connectivity index (χ4n) is 3.36. The summed E-state index contributed by atoms with van der Waals surface area (Å²) >= 11 is 0. The molecular formula is C20H22F4N2O3. The van der Waals surface area contributed by atoms with E-state index in [0.717, 1.165) is 36.6 Å². The average molecular weight is 414 g/mol. The first-order valence-electron chi connectivity index (χ1n) is 8.98. The number of carboxylic acid groups (broad SMARTS) is 1. The smallest absolute Gasteiger partial charge is 0.416 e. The number of benzene rings is 1. The van der Waals surface area contributed by atoms with Crippen molar-refractivity contribution in [2.24, 2.45) is 7.05 Å². The third-order valence-electron chi connectivity index (χ3n) is 4.95. The molecule has 0 saturated carbocycles. The molecule has 2 heterocycles. The second-order valence-electron chi connectivity index (χ2n) is 6.87. The van der Waals surface area contributed by atoms with Crippen LogP contribution in [0.25, 0.3) is 0 Å². The third kappa shape index (κ3) is 6.15. The van der Waals surface area contributed by atoms with Gasteiger partial charge in [-0.15, -0.1) is 0 Å². The van der Waals surface area contributed by atoms with Crippen molar-refractivity contribution in [2.75, 3.05) is 13.1 Å². The van der Waals surface area contributed by atoms with Crippen LogP contribution < -0.4 is 5.56 Å². The van der Waals surface area contributed by atoms with Crippen LogP contribution in [0, 0.1) is 5.82 Å². The van der Waals surface area contributed by atoms with Gasteiger partial charge < -0.3 is 9.67 Å². The monoisotopic (exact) mass is 414 g/mol. The van der Waals surface area contributed by atoms with Gasteiger partial charge in [0, 0.05) is 31.4 Å². The highest BCUT2D eigenvalue weighted by Crippen LogP contribution is 2.32. The van der Waals surface area contributed by atoms with Crippen molar-refractivity contribution in [1.82, 2.24) is 9.47 Å². The maximum absolute atomic E-state index is 13.9. The van der Waals surface area contributed by atoms with Gasteiger partial charge in [0.05, 0.1) is 5.56 Å². The summed E-state index contributed by atoms with van der Waals surface area (Å²) in [6, 6.07) is 6.09. The molecule has 158 valence electrons. The van der Waals surface area contributed by atoms with Gasteiger partial charge in [0.25, 0.3) is 12.0 Å². The molecule has 0 aliphatic carbocycles. The molecule has 1 aliphatic heterocycles. The lowest BCUT2D eigenvalue weighted by molar-refractivity contribution is -0.137. The van der Waals surface area contributed by atoms with Gasteiger partial charge in [-0.25, -0.2) is 4.39 Å². The van der Waals surface area contributed by atoms with Crippen LogP contribution in [0.5, 0.6) is 0 Å². The number of rotatable bonds is 3. The second kappa shape index (κ2) is 9.69. The van der Waals surface area contributed by atoms with Crippen LogP contribution in [-0.2, 0) is 24.6 Å². The summed E-state index contributed by atoms with van der Waals surface area (Å²) in [7, 11) is 1.69. The van der Waals surface area contributed by atoms with E-state index in [1.807, 2.05) is 11.0 Å². The van der Waals surface area contributed by atoms with E-state index in [4.69, 9.17) is 9.90 Å². The summed E-state index contributed by atoms with van der Waals surface area (Å²) in [5.41, 5.74) is 0.157. The highest BCUT2D eigenvalue weighted by molar-refractivity contribution is 5.32. The van der Waals surface area contributed by atoms with Gasteiger partial charge in [0.1, 0.15) is 5.82 Å². The van der Waals surface area contributed by atoms with Crippen molar-refractivity contribution < 1.29 is 27.5 Å². The molecule has 0 bridgehead atoms. The maximum Gasteiger partial charge on any atom is 0.416 e. The Labute approximate surface area is 165 Å². The first-order chi connectivity index (χ1) is 13.7. The lowest BCUT2D eigenvalue weighted by Gasteiger charge is -2.32. The number of halogens is 4. The van der Waals surface area contributed by atoms with E-state index in [1.54, 1.807) is 19.3 Å². The molecule has 0 spiro atoms. The zero-order valence-electron chi connectivity index (χ0n) is 15.8. The number of hydrogen-bond donors (Lipinski definition) is 1. The molecule has 1 aromatic heterocycles. The fraction of sp³-hybridized carbons (Fsp3) is 0.400. The zero-order chi connectivity index (χ0) is 21.6.